The lowest BCUT2D eigenvalue weighted by molar-refractivity contribution is -0.131. The maximum atomic E-state index is 11.6. The molecule has 2 bridgehead atoms. The van der Waals surface area contributed by atoms with Crippen LogP contribution in [-0.2, 0) is 16.1 Å². The summed E-state index contributed by atoms with van der Waals surface area (Å²) >= 11 is 6.08. The minimum atomic E-state index is 0.0880. The molecule has 5 rings (SSSR count). The highest BCUT2D eigenvalue weighted by molar-refractivity contribution is 6.30. The second-order valence-electron chi connectivity index (χ2n) is 7.63. The topological polar surface area (TPSA) is 63.0 Å². The largest absolute Gasteiger partial charge is 0.377 e. The van der Waals surface area contributed by atoms with E-state index in [1.165, 1.54) is 0 Å². The van der Waals surface area contributed by atoms with Gasteiger partial charge in [-0.3, -0.25) is 14.1 Å². The summed E-state index contributed by atoms with van der Waals surface area (Å²) in [5.41, 5.74) is 3.02. The van der Waals surface area contributed by atoms with Gasteiger partial charge >= 0.3 is 0 Å². The van der Waals surface area contributed by atoms with E-state index in [2.05, 4.69) is 14.3 Å². The fourth-order valence-corrected chi connectivity index (χ4v) is 4.49. The Kier molecular flexibility index (Phi) is 4.95. The summed E-state index contributed by atoms with van der Waals surface area (Å²) in [6.07, 6.45) is 5.65. The summed E-state index contributed by atoms with van der Waals surface area (Å²) in [6.45, 7) is 3.62. The first-order chi connectivity index (χ1) is 14.2. The Morgan fingerprint density at radius 2 is 2.03 bits per heavy atom. The van der Waals surface area contributed by atoms with Crippen LogP contribution < -0.4 is 0 Å². The average molecular weight is 412 g/mol. The first kappa shape index (κ1) is 18.5. The number of nitrogens with zero attached hydrogens (tertiary/aromatic N) is 5. The van der Waals surface area contributed by atoms with Gasteiger partial charge in [-0.25, -0.2) is 9.97 Å². The van der Waals surface area contributed by atoms with Gasteiger partial charge in [0.15, 0.2) is 0 Å². The molecule has 7 nitrogen and oxygen atoms in total. The first-order valence-electron chi connectivity index (χ1n) is 9.83. The van der Waals surface area contributed by atoms with Crippen molar-refractivity contribution in [1.82, 2.24) is 24.2 Å². The van der Waals surface area contributed by atoms with Crippen molar-refractivity contribution in [2.24, 2.45) is 0 Å². The standard InChI is InChI=1S/C21H22ClN5O2/c22-16-4-2-15(3-5-16)20-19(26-8-1-7-23-21(26)24-20)11-25-9-6-17-12-29-13-18(10-25)27(17)14-28/h1-5,7-8,14,17-18H,6,9-13H2. The summed E-state index contributed by atoms with van der Waals surface area (Å²) in [6, 6.07) is 9.91. The number of amides is 1. The van der Waals surface area contributed by atoms with Crippen LogP contribution in [0.4, 0.5) is 0 Å². The second kappa shape index (κ2) is 7.74. The van der Waals surface area contributed by atoms with Crippen molar-refractivity contribution in [2.75, 3.05) is 26.3 Å². The summed E-state index contributed by atoms with van der Waals surface area (Å²) in [5, 5.41) is 0.700. The highest BCUT2D eigenvalue weighted by Gasteiger charge is 2.35. The maximum absolute atomic E-state index is 11.6. The van der Waals surface area contributed by atoms with Crippen LogP contribution in [0, 0.1) is 0 Å². The number of rotatable bonds is 4. The molecule has 0 N–H and O–H groups in total. The molecule has 1 amide bonds. The van der Waals surface area contributed by atoms with Gasteiger partial charge in [0.1, 0.15) is 0 Å². The number of ether oxygens (including phenoxy) is 1. The van der Waals surface area contributed by atoms with Crippen molar-refractivity contribution in [3.05, 3.63) is 53.4 Å². The predicted octanol–water partition coefficient (Wildman–Crippen LogP) is 2.48. The molecular weight excluding hydrogens is 390 g/mol. The van der Waals surface area contributed by atoms with Gasteiger partial charge in [0.05, 0.1) is 36.7 Å². The van der Waals surface area contributed by atoms with E-state index in [0.29, 0.717) is 24.0 Å². The zero-order chi connectivity index (χ0) is 19.8. The molecule has 2 atom stereocenters. The molecular formula is C21H22ClN5O2. The number of hydrogen-bond donors (Lipinski definition) is 0. The van der Waals surface area contributed by atoms with Gasteiger partial charge < -0.3 is 9.64 Å². The molecule has 3 aromatic rings. The van der Waals surface area contributed by atoms with Gasteiger partial charge in [0.2, 0.25) is 12.2 Å². The molecule has 29 heavy (non-hydrogen) atoms. The third kappa shape index (κ3) is 3.50. The molecule has 2 saturated heterocycles. The zero-order valence-corrected chi connectivity index (χ0v) is 16.7. The third-order valence-corrected chi connectivity index (χ3v) is 6.08. The van der Waals surface area contributed by atoms with Crippen LogP contribution in [0.1, 0.15) is 12.1 Å². The molecule has 150 valence electrons. The van der Waals surface area contributed by atoms with Crippen LogP contribution in [0.15, 0.2) is 42.7 Å². The normalized spacial score (nSPS) is 22.6. The van der Waals surface area contributed by atoms with Crippen LogP contribution in [0.25, 0.3) is 17.0 Å². The van der Waals surface area contributed by atoms with Gasteiger partial charge in [-0.15, -0.1) is 0 Å². The van der Waals surface area contributed by atoms with Crippen LogP contribution in [0.5, 0.6) is 0 Å². The van der Waals surface area contributed by atoms with Gasteiger partial charge in [-0.05, 0) is 24.6 Å². The van der Waals surface area contributed by atoms with E-state index >= 15 is 0 Å². The van der Waals surface area contributed by atoms with E-state index in [0.717, 1.165) is 49.4 Å². The van der Waals surface area contributed by atoms with E-state index < -0.39 is 0 Å². The van der Waals surface area contributed by atoms with Gasteiger partial charge in [0, 0.05) is 42.6 Å². The monoisotopic (exact) mass is 411 g/mol. The van der Waals surface area contributed by atoms with Crippen molar-refractivity contribution < 1.29 is 9.53 Å². The third-order valence-electron chi connectivity index (χ3n) is 5.83. The van der Waals surface area contributed by atoms with Crippen molar-refractivity contribution in [3.8, 4) is 11.3 Å². The Balaban J connectivity index is 1.50. The maximum Gasteiger partial charge on any atom is 0.234 e. The second-order valence-corrected chi connectivity index (χ2v) is 8.06. The van der Waals surface area contributed by atoms with Crippen LogP contribution in [0.3, 0.4) is 0 Å². The molecule has 0 saturated carbocycles. The van der Waals surface area contributed by atoms with Gasteiger partial charge in [0.25, 0.3) is 0 Å². The Bertz CT molecular complexity index is 1020. The lowest BCUT2D eigenvalue weighted by Crippen LogP contribution is -2.52. The van der Waals surface area contributed by atoms with Crippen molar-refractivity contribution >= 4 is 23.8 Å². The average Bonchev–Trinajstić information content (AvgIpc) is 3.06. The van der Waals surface area contributed by atoms with E-state index in [9.17, 15) is 4.79 Å². The van der Waals surface area contributed by atoms with Crippen molar-refractivity contribution in [3.63, 3.8) is 0 Å². The molecule has 4 heterocycles. The molecule has 0 aliphatic carbocycles. The molecule has 0 spiro atoms. The quantitative estimate of drug-likeness (QED) is 0.617. The van der Waals surface area contributed by atoms with Crippen LogP contribution in [0.2, 0.25) is 5.02 Å². The molecule has 2 aromatic heterocycles. The molecule has 2 fully saturated rings. The molecule has 0 radical (unpaired) electrons. The van der Waals surface area contributed by atoms with Crippen molar-refractivity contribution in [1.29, 1.82) is 0 Å². The lowest BCUT2D eigenvalue weighted by atomic mass is 10.1. The Morgan fingerprint density at radius 3 is 2.86 bits per heavy atom. The number of morpholine rings is 1. The van der Waals surface area contributed by atoms with E-state index in [4.69, 9.17) is 21.3 Å². The van der Waals surface area contributed by atoms with E-state index in [1.807, 2.05) is 41.4 Å². The molecule has 2 aliphatic rings. The minimum Gasteiger partial charge on any atom is -0.377 e. The van der Waals surface area contributed by atoms with Gasteiger partial charge in [-0.1, -0.05) is 23.7 Å². The Hall–Kier alpha value is -2.48. The fraction of sp³-hybridized carbons (Fsp3) is 0.381. The van der Waals surface area contributed by atoms with E-state index in [1.54, 1.807) is 6.20 Å². The molecule has 2 unspecified atom stereocenters. The summed E-state index contributed by atoms with van der Waals surface area (Å²) in [7, 11) is 0. The van der Waals surface area contributed by atoms with Crippen LogP contribution in [-0.4, -0.2) is 69.0 Å². The lowest BCUT2D eigenvalue weighted by Gasteiger charge is -2.37. The first-order valence-corrected chi connectivity index (χ1v) is 10.2. The number of imidazole rings is 1. The number of fused-ring (bicyclic) bond motifs is 3. The molecule has 8 heteroatoms. The zero-order valence-electron chi connectivity index (χ0n) is 15.9. The number of carbonyl (C=O) groups excluding carboxylic acids is 1. The fourth-order valence-electron chi connectivity index (χ4n) is 4.36. The van der Waals surface area contributed by atoms with Crippen LogP contribution >= 0.6 is 11.6 Å². The molecule has 2 aliphatic heterocycles. The smallest absolute Gasteiger partial charge is 0.234 e. The summed E-state index contributed by atoms with van der Waals surface area (Å²) < 4.78 is 7.79. The number of aromatic nitrogens is 3. The summed E-state index contributed by atoms with van der Waals surface area (Å²) in [5.74, 6) is 0.680. The highest BCUT2D eigenvalue weighted by atomic mass is 35.5. The number of halogens is 1. The van der Waals surface area contributed by atoms with Crippen molar-refractivity contribution in [2.45, 2.75) is 25.0 Å². The highest BCUT2D eigenvalue weighted by Crippen LogP contribution is 2.28. The SMILES string of the molecule is O=CN1C2CCN(Cc3c(-c4ccc(Cl)cc4)nc4ncccn34)CC1COC2. The number of hydrogen-bond acceptors (Lipinski definition) is 5. The van der Waals surface area contributed by atoms with Gasteiger partial charge in [-0.2, -0.15) is 0 Å². The number of carbonyl (C=O) groups is 1. The Morgan fingerprint density at radius 1 is 1.21 bits per heavy atom. The minimum absolute atomic E-state index is 0.0880. The molecule has 1 aromatic carbocycles. The number of benzene rings is 1. The Labute approximate surface area is 173 Å². The summed E-state index contributed by atoms with van der Waals surface area (Å²) in [4.78, 5) is 25.2. The predicted molar refractivity (Wildman–Crippen MR) is 110 cm³/mol. The van der Waals surface area contributed by atoms with E-state index in [-0.39, 0.29) is 12.1 Å².